The molecule has 0 radical (unpaired) electrons. The summed E-state index contributed by atoms with van der Waals surface area (Å²) in [4.78, 5) is 4.43. The number of fused-ring (bicyclic) bond motifs is 1. The molecule has 0 aliphatic rings. The Morgan fingerprint density at radius 3 is 2.67 bits per heavy atom. The molecular weight excluding hydrogens is 258 g/mol. The fourth-order valence-electron chi connectivity index (χ4n) is 2.50. The van der Waals surface area contributed by atoms with Gasteiger partial charge in [-0.25, -0.2) is 4.98 Å². The van der Waals surface area contributed by atoms with Crippen LogP contribution < -0.4 is 5.32 Å². The third-order valence-corrected chi connectivity index (χ3v) is 3.61. The first kappa shape index (κ1) is 13.6. The molecule has 0 aliphatic heterocycles. The van der Waals surface area contributed by atoms with Crippen LogP contribution in [0.4, 0.5) is 0 Å². The number of imidazole rings is 1. The van der Waals surface area contributed by atoms with Gasteiger partial charge in [-0.2, -0.15) is 0 Å². The molecular formula is C18H19N3. The maximum Gasteiger partial charge on any atom is 0.104 e. The number of nitrogens with zero attached hydrogens (tertiary/aromatic N) is 2. The zero-order valence-electron chi connectivity index (χ0n) is 11.9. The fourth-order valence-corrected chi connectivity index (χ4v) is 2.50. The van der Waals surface area contributed by atoms with Crippen molar-refractivity contribution in [1.82, 2.24) is 14.9 Å². The van der Waals surface area contributed by atoms with E-state index in [9.17, 15) is 0 Å². The Kier molecular flexibility index (Phi) is 4.12. The van der Waals surface area contributed by atoms with E-state index in [2.05, 4.69) is 51.8 Å². The highest BCUT2D eigenvalue weighted by atomic mass is 15.2. The van der Waals surface area contributed by atoms with Gasteiger partial charge in [-0.05, 0) is 24.1 Å². The highest BCUT2D eigenvalue weighted by molar-refractivity contribution is 5.75. The van der Waals surface area contributed by atoms with Crippen molar-refractivity contribution in [2.24, 2.45) is 0 Å². The number of hydrogen-bond acceptors (Lipinski definition) is 2. The molecule has 0 aliphatic carbocycles. The van der Waals surface area contributed by atoms with Gasteiger partial charge < -0.3 is 4.57 Å². The molecule has 0 spiro atoms. The van der Waals surface area contributed by atoms with Crippen molar-refractivity contribution in [2.45, 2.75) is 12.6 Å². The van der Waals surface area contributed by atoms with Gasteiger partial charge in [0.05, 0.1) is 17.4 Å². The predicted molar refractivity (Wildman–Crippen MR) is 87.1 cm³/mol. The van der Waals surface area contributed by atoms with Crippen LogP contribution in [0.3, 0.4) is 0 Å². The summed E-state index contributed by atoms with van der Waals surface area (Å²) in [7, 11) is 0. The highest BCUT2D eigenvalue weighted by Crippen LogP contribution is 2.16. The maximum atomic E-state index is 4.43. The lowest BCUT2D eigenvalue weighted by atomic mass is 10.1. The molecule has 1 unspecified atom stereocenters. The Bertz CT molecular complexity index is 715. The van der Waals surface area contributed by atoms with E-state index in [-0.39, 0.29) is 6.17 Å². The third-order valence-electron chi connectivity index (χ3n) is 3.61. The smallest absolute Gasteiger partial charge is 0.104 e. The van der Waals surface area contributed by atoms with Crippen LogP contribution in [0.2, 0.25) is 0 Å². The van der Waals surface area contributed by atoms with Crippen LogP contribution in [0.5, 0.6) is 0 Å². The van der Waals surface area contributed by atoms with E-state index in [1.165, 1.54) is 5.56 Å². The van der Waals surface area contributed by atoms with Crippen LogP contribution in [0.15, 0.2) is 73.6 Å². The quantitative estimate of drug-likeness (QED) is 0.698. The summed E-state index contributed by atoms with van der Waals surface area (Å²) in [6, 6.07) is 18.6. The molecule has 0 saturated heterocycles. The molecule has 3 rings (SSSR count). The van der Waals surface area contributed by atoms with Crippen molar-refractivity contribution in [3.63, 3.8) is 0 Å². The number of nitrogens with one attached hydrogen (secondary N) is 1. The van der Waals surface area contributed by atoms with Gasteiger partial charge in [0, 0.05) is 6.54 Å². The number of hydrogen-bond donors (Lipinski definition) is 1. The Balaban J connectivity index is 1.69. The highest BCUT2D eigenvalue weighted by Gasteiger charge is 2.09. The Morgan fingerprint density at radius 2 is 1.86 bits per heavy atom. The average molecular weight is 277 g/mol. The average Bonchev–Trinajstić information content (AvgIpc) is 2.97. The summed E-state index contributed by atoms with van der Waals surface area (Å²) in [5, 5.41) is 3.52. The summed E-state index contributed by atoms with van der Waals surface area (Å²) < 4.78 is 2.12. The van der Waals surface area contributed by atoms with Crippen molar-refractivity contribution in [3.05, 3.63) is 79.1 Å². The van der Waals surface area contributed by atoms with Gasteiger partial charge in [0.1, 0.15) is 6.17 Å². The Morgan fingerprint density at radius 1 is 1.10 bits per heavy atom. The van der Waals surface area contributed by atoms with Crippen molar-refractivity contribution in [2.75, 3.05) is 6.54 Å². The van der Waals surface area contributed by atoms with Crippen LogP contribution in [0, 0.1) is 0 Å². The fraction of sp³-hybridized carbons (Fsp3) is 0.167. The zero-order chi connectivity index (χ0) is 14.5. The molecule has 3 aromatic rings. The molecule has 3 heteroatoms. The summed E-state index contributed by atoms with van der Waals surface area (Å²) in [6.45, 7) is 4.83. The molecule has 1 heterocycles. The van der Waals surface area contributed by atoms with Gasteiger partial charge in [0.2, 0.25) is 0 Å². The van der Waals surface area contributed by atoms with Gasteiger partial charge in [-0.3, -0.25) is 5.32 Å². The number of aromatic nitrogens is 2. The molecule has 21 heavy (non-hydrogen) atoms. The van der Waals surface area contributed by atoms with E-state index < -0.39 is 0 Å². The van der Waals surface area contributed by atoms with Crippen LogP contribution in [-0.4, -0.2) is 16.1 Å². The van der Waals surface area contributed by atoms with Crippen LogP contribution >= 0.6 is 0 Å². The first-order chi connectivity index (χ1) is 10.4. The standard InChI is InChI=1S/C18H19N3/c1-2-18(19-13-12-15-8-4-3-5-9-15)21-14-20-16-10-6-7-11-17(16)21/h2-11,14,18-19H,1,12-13H2. The molecule has 3 nitrogen and oxygen atoms in total. The molecule has 2 aromatic carbocycles. The van der Waals surface area contributed by atoms with E-state index in [1.807, 2.05) is 36.7 Å². The summed E-state index contributed by atoms with van der Waals surface area (Å²) in [5.74, 6) is 0. The summed E-state index contributed by atoms with van der Waals surface area (Å²) in [5.41, 5.74) is 3.46. The first-order valence-electron chi connectivity index (χ1n) is 7.20. The second-order valence-electron chi connectivity index (χ2n) is 5.01. The van der Waals surface area contributed by atoms with E-state index in [4.69, 9.17) is 0 Å². The largest absolute Gasteiger partial charge is 0.311 e. The number of para-hydroxylation sites is 2. The van der Waals surface area contributed by atoms with Crippen molar-refractivity contribution in [3.8, 4) is 0 Å². The Hall–Kier alpha value is -2.39. The monoisotopic (exact) mass is 277 g/mol. The van der Waals surface area contributed by atoms with E-state index in [0.717, 1.165) is 24.0 Å². The third kappa shape index (κ3) is 3.03. The molecule has 106 valence electrons. The van der Waals surface area contributed by atoms with Gasteiger partial charge >= 0.3 is 0 Å². The number of rotatable bonds is 6. The van der Waals surface area contributed by atoms with Crippen molar-refractivity contribution >= 4 is 11.0 Å². The minimum atomic E-state index is 0.0566. The maximum absolute atomic E-state index is 4.43. The minimum Gasteiger partial charge on any atom is -0.311 e. The molecule has 1 atom stereocenters. The van der Waals surface area contributed by atoms with Crippen LogP contribution in [0.1, 0.15) is 11.7 Å². The Labute approximate surface area is 124 Å². The summed E-state index contributed by atoms with van der Waals surface area (Å²) >= 11 is 0. The predicted octanol–water partition coefficient (Wildman–Crippen LogP) is 3.55. The number of benzene rings is 2. The zero-order valence-corrected chi connectivity index (χ0v) is 11.9. The second-order valence-corrected chi connectivity index (χ2v) is 5.01. The lowest BCUT2D eigenvalue weighted by molar-refractivity contribution is 0.495. The van der Waals surface area contributed by atoms with E-state index in [0.29, 0.717) is 0 Å². The van der Waals surface area contributed by atoms with Crippen LogP contribution in [-0.2, 0) is 6.42 Å². The minimum absolute atomic E-state index is 0.0566. The van der Waals surface area contributed by atoms with Crippen molar-refractivity contribution < 1.29 is 0 Å². The second kappa shape index (κ2) is 6.37. The van der Waals surface area contributed by atoms with E-state index in [1.54, 1.807) is 0 Å². The molecule has 0 saturated carbocycles. The SMILES string of the molecule is C=CC(NCCc1ccccc1)n1cnc2ccccc21. The van der Waals surface area contributed by atoms with E-state index >= 15 is 0 Å². The van der Waals surface area contributed by atoms with Gasteiger partial charge in [0.25, 0.3) is 0 Å². The van der Waals surface area contributed by atoms with Gasteiger partial charge in [-0.15, -0.1) is 0 Å². The van der Waals surface area contributed by atoms with Gasteiger partial charge in [0.15, 0.2) is 0 Å². The summed E-state index contributed by atoms with van der Waals surface area (Å²) in [6.07, 6.45) is 4.84. The molecule has 1 aromatic heterocycles. The molecule has 1 N–H and O–H groups in total. The van der Waals surface area contributed by atoms with Crippen molar-refractivity contribution in [1.29, 1.82) is 0 Å². The molecule has 0 fully saturated rings. The normalized spacial score (nSPS) is 12.4. The van der Waals surface area contributed by atoms with Gasteiger partial charge in [-0.1, -0.05) is 55.1 Å². The molecule has 0 bridgehead atoms. The topological polar surface area (TPSA) is 29.9 Å². The molecule has 0 amide bonds. The lowest BCUT2D eigenvalue weighted by Gasteiger charge is -2.17. The lowest BCUT2D eigenvalue weighted by Crippen LogP contribution is -2.26. The van der Waals surface area contributed by atoms with Crippen LogP contribution in [0.25, 0.3) is 11.0 Å². The first-order valence-corrected chi connectivity index (χ1v) is 7.20.